The number of anilines is 2. The topological polar surface area (TPSA) is 148 Å². The molecule has 1 saturated heterocycles. The number of carbonyl (C=O) groups is 5. The van der Waals surface area contributed by atoms with E-state index in [9.17, 15) is 24.0 Å². The smallest absolute Gasteiger partial charge is 0.328 e. The van der Waals surface area contributed by atoms with Crippen molar-refractivity contribution in [2.24, 2.45) is 5.92 Å². The number of rotatable bonds is 11. The van der Waals surface area contributed by atoms with Gasteiger partial charge in [-0.25, -0.2) is 14.5 Å². The fourth-order valence-corrected chi connectivity index (χ4v) is 4.53. The Morgan fingerprint density at radius 2 is 1.48 bits per heavy atom. The van der Waals surface area contributed by atoms with E-state index < -0.39 is 47.5 Å². The van der Waals surface area contributed by atoms with Gasteiger partial charge in [0.1, 0.15) is 11.6 Å². The molecule has 2 atom stereocenters. The molecule has 0 saturated carbocycles. The van der Waals surface area contributed by atoms with Crippen LogP contribution >= 0.6 is 0 Å². The van der Waals surface area contributed by atoms with E-state index in [4.69, 9.17) is 5.11 Å². The van der Waals surface area contributed by atoms with Crippen molar-refractivity contribution in [3.8, 4) is 0 Å². The van der Waals surface area contributed by atoms with E-state index in [-0.39, 0.29) is 25.3 Å². The van der Waals surface area contributed by atoms with E-state index in [1.54, 1.807) is 57.2 Å². The molecule has 0 aromatic heterocycles. The average Bonchev–Trinajstić information content (AvgIpc) is 3.02. The number of carboxylic acids is 1. The minimum absolute atomic E-state index is 0.0116. The van der Waals surface area contributed by atoms with Gasteiger partial charge in [-0.15, -0.1) is 0 Å². The molecule has 2 unspecified atom stereocenters. The summed E-state index contributed by atoms with van der Waals surface area (Å²) in [5.74, 6) is -2.14. The Morgan fingerprint density at radius 1 is 0.900 bits per heavy atom. The standard InChI is InChI=1S/C29H37N5O6/c1-18(2)15-23(25(37)30-19(3)16-24(35)36)34-26(38)29(4,5)33(28(34)40)17-20-11-13-22(14-12-20)32-27(39)31-21-9-7-6-8-10-21/h6-14,18-19,23H,15-17H2,1-5H3,(H,30,37)(H,35,36)(H2,31,32,39). The van der Waals surface area contributed by atoms with Crippen LogP contribution in [0.4, 0.5) is 21.0 Å². The lowest BCUT2D eigenvalue weighted by molar-refractivity contribution is -0.140. The van der Waals surface area contributed by atoms with Gasteiger partial charge in [0.05, 0.1) is 6.42 Å². The van der Waals surface area contributed by atoms with Crippen molar-refractivity contribution >= 4 is 41.2 Å². The third-order valence-electron chi connectivity index (χ3n) is 6.62. The first-order valence-electron chi connectivity index (χ1n) is 13.2. The van der Waals surface area contributed by atoms with E-state index in [1.807, 2.05) is 32.0 Å². The summed E-state index contributed by atoms with van der Waals surface area (Å²) in [5, 5.41) is 17.2. The molecule has 2 aromatic rings. The molecule has 214 valence electrons. The largest absolute Gasteiger partial charge is 0.481 e. The van der Waals surface area contributed by atoms with Gasteiger partial charge < -0.3 is 26.0 Å². The number of nitrogens with zero attached hydrogens (tertiary/aromatic N) is 2. The first-order valence-corrected chi connectivity index (χ1v) is 13.2. The molecule has 0 bridgehead atoms. The van der Waals surface area contributed by atoms with Gasteiger partial charge in [-0.1, -0.05) is 44.2 Å². The maximum Gasteiger partial charge on any atom is 0.328 e. The third kappa shape index (κ3) is 7.37. The molecule has 1 aliphatic heterocycles. The number of nitrogens with one attached hydrogen (secondary N) is 3. The fourth-order valence-electron chi connectivity index (χ4n) is 4.53. The third-order valence-corrected chi connectivity index (χ3v) is 6.62. The molecule has 1 fully saturated rings. The summed E-state index contributed by atoms with van der Waals surface area (Å²) in [4.78, 5) is 66.0. The van der Waals surface area contributed by atoms with Crippen LogP contribution in [0.5, 0.6) is 0 Å². The number of carbonyl (C=O) groups excluding carboxylic acids is 4. The summed E-state index contributed by atoms with van der Waals surface area (Å²) >= 11 is 0. The quantitative estimate of drug-likeness (QED) is 0.307. The van der Waals surface area contributed by atoms with Crippen molar-refractivity contribution in [1.82, 2.24) is 15.1 Å². The minimum atomic E-state index is -1.22. The lowest BCUT2D eigenvalue weighted by atomic mass is 9.99. The Balaban J connectivity index is 1.73. The SMILES string of the molecule is CC(C)CC(C(=O)NC(C)CC(=O)O)N1C(=O)N(Cc2ccc(NC(=O)Nc3ccccc3)cc2)C(C)(C)C1=O. The molecule has 2 aromatic carbocycles. The Morgan fingerprint density at radius 3 is 2.02 bits per heavy atom. The lowest BCUT2D eigenvalue weighted by Gasteiger charge is -2.28. The van der Waals surface area contributed by atoms with Gasteiger partial charge in [-0.2, -0.15) is 0 Å². The number of para-hydroxylation sites is 1. The van der Waals surface area contributed by atoms with Crippen LogP contribution in [0.3, 0.4) is 0 Å². The lowest BCUT2D eigenvalue weighted by Crippen LogP contribution is -2.53. The summed E-state index contributed by atoms with van der Waals surface area (Å²) in [6.45, 7) is 8.69. The first kappa shape index (κ1) is 30.1. The van der Waals surface area contributed by atoms with Gasteiger partial charge in [0, 0.05) is 24.0 Å². The molecule has 0 spiro atoms. The van der Waals surface area contributed by atoms with E-state index in [1.165, 1.54) is 4.90 Å². The molecule has 4 N–H and O–H groups in total. The fraction of sp³-hybridized carbons (Fsp3) is 0.414. The summed E-state index contributed by atoms with van der Waals surface area (Å²) in [7, 11) is 0. The van der Waals surface area contributed by atoms with Crippen molar-refractivity contribution < 1.29 is 29.1 Å². The second-order valence-corrected chi connectivity index (χ2v) is 10.9. The van der Waals surface area contributed by atoms with Crippen molar-refractivity contribution in [2.45, 2.75) is 71.6 Å². The molecule has 1 heterocycles. The number of imide groups is 1. The maximum absolute atomic E-state index is 13.6. The Labute approximate surface area is 233 Å². The molecule has 0 radical (unpaired) electrons. The van der Waals surface area contributed by atoms with Crippen LogP contribution in [0.2, 0.25) is 0 Å². The van der Waals surface area contributed by atoms with Crippen molar-refractivity contribution in [1.29, 1.82) is 0 Å². The van der Waals surface area contributed by atoms with E-state index in [0.29, 0.717) is 11.4 Å². The van der Waals surface area contributed by atoms with Crippen LogP contribution in [0.25, 0.3) is 0 Å². The minimum Gasteiger partial charge on any atom is -0.481 e. The monoisotopic (exact) mass is 551 g/mol. The van der Waals surface area contributed by atoms with E-state index in [2.05, 4.69) is 16.0 Å². The van der Waals surface area contributed by atoms with Crippen molar-refractivity contribution in [3.63, 3.8) is 0 Å². The highest BCUT2D eigenvalue weighted by molar-refractivity contribution is 6.09. The number of urea groups is 2. The van der Waals surface area contributed by atoms with Crippen LogP contribution < -0.4 is 16.0 Å². The normalized spacial score (nSPS) is 16.1. The predicted octanol–water partition coefficient (Wildman–Crippen LogP) is 4.27. The Hall–Kier alpha value is -4.41. The molecule has 11 heteroatoms. The number of hydrogen-bond acceptors (Lipinski definition) is 5. The molecular weight excluding hydrogens is 514 g/mol. The zero-order valence-corrected chi connectivity index (χ0v) is 23.4. The molecular formula is C29H37N5O6. The number of carboxylic acid groups (broad SMARTS) is 1. The number of aliphatic carboxylic acids is 1. The van der Waals surface area contributed by atoms with Gasteiger partial charge in [-0.3, -0.25) is 14.4 Å². The highest BCUT2D eigenvalue weighted by Gasteiger charge is 2.54. The molecule has 1 aliphatic rings. The Bertz CT molecular complexity index is 1250. The van der Waals surface area contributed by atoms with Gasteiger partial charge in [0.15, 0.2) is 0 Å². The van der Waals surface area contributed by atoms with Crippen LogP contribution in [0.1, 0.15) is 53.0 Å². The van der Waals surface area contributed by atoms with Gasteiger partial charge >= 0.3 is 18.0 Å². The predicted molar refractivity (Wildman–Crippen MR) is 150 cm³/mol. The van der Waals surface area contributed by atoms with Gasteiger partial charge in [-0.05, 0) is 62.9 Å². The number of benzene rings is 2. The highest BCUT2D eigenvalue weighted by atomic mass is 16.4. The summed E-state index contributed by atoms with van der Waals surface area (Å²) in [6, 6.07) is 13.2. The second-order valence-electron chi connectivity index (χ2n) is 10.9. The zero-order valence-electron chi connectivity index (χ0n) is 23.4. The van der Waals surface area contributed by atoms with Gasteiger partial charge in [0.25, 0.3) is 5.91 Å². The maximum atomic E-state index is 13.6. The van der Waals surface area contributed by atoms with Crippen LogP contribution in [0, 0.1) is 5.92 Å². The van der Waals surface area contributed by atoms with E-state index >= 15 is 0 Å². The molecule has 40 heavy (non-hydrogen) atoms. The zero-order chi connectivity index (χ0) is 29.6. The van der Waals surface area contributed by atoms with Crippen LogP contribution in [0.15, 0.2) is 54.6 Å². The molecule has 0 aliphatic carbocycles. The molecule has 11 nitrogen and oxygen atoms in total. The first-order chi connectivity index (χ1) is 18.8. The summed E-state index contributed by atoms with van der Waals surface area (Å²) in [5.41, 5.74) is 0.712. The molecule has 6 amide bonds. The van der Waals surface area contributed by atoms with Crippen LogP contribution in [-0.4, -0.2) is 62.4 Å². The van der Waals surface area contributed by atoms with Crippen molar-refractivity contribution in [3.05, 3.63) is 60.2 Å². The van der Waals surface area contributed by atoms with Crippen molar-refractivity contribution in [2.75, 3.05) is 10.6 Å². The second kappa shape index (κ2) is 12.6. The van der Waals surface area contributed by atoms with Crippen LogP contribution in [-0.2, 0) is 20.9 Å². The summed E-state index contributed by atoms with van der Waals surface area (Å²) < 4.78 is 0. The average molecular weight is 552 g/mol. The Kier molecular flexibility index (Phi) is 9.51. The van der Waals surface area contributed by atoms with E-state index in [0.717, 1.165) is 10.5 Å². The number of amides is 6. The summed E-state index contributed by atoms with van der Waals surface area (Å²) in [6.07, 6.45) is -0.0448. The van der Waals surface area contributed by atoms with Gasteiger partial charge in [0.2, 0.25) is 5.91 Å². The number of hydrogen-bond donors (Lipinski definition) is 4. The highest BCUT2D eigenvalue weighted by Crippen LogP contribution is 2.33. The molecule has 3 rings (SSSR count).